The first kappa shape index (κ1) is 42.2. The first-order valence-corrected chi connectivity index (χ1v) is 20.7. The van der Waals surface area contributed by atoms with Gasteiger partial charge in [0, 0.05) is 11.1 Å². The highest BCUT2D eigenvalue weighted by Gasteiger charge is 2.71. The Hall–Kier alpha value is -3.52. The van der Waals surface area contributed by atoms with E-state index in [1.54, 1.807) is 0 Å². The molecule has 0 radical (unpaired) electrons. The number of benzene rings is 1. The number of allylic oxidation sites excluding steroid dienone is 16. The third-order valence-electron chi connectivity index (χ3n) is 12.7. The Bertz CT molecular complexity index is 1710. The number of Topliss-reactive ketones (excluding diaryl/α,β-unsaturated/α-hetero) is 2. The molecule has 2 nitrogen and oxygen atoms in total. The number of carbonyl (C=O) groups excluding carboxylic acids is 2. The van der Waals surface area contributed by atoms with Gasteiger partial charge in [-0.05, 0) is 157 Å². The SMILES string of the molecule is CC(C)=CCC/C(C)=C/CC/C(C)=C/CC/C(C)=C/CC/C(C)=C/CC/C(C)=C/CC/C(C)=C/CC12C(=O)c3ccccc3C(=O)C1(C)C1C=C[C@H]2C1. The smallest absolute Gasteiger partial charge is 0.171 e. The molecular weight excluding hydrogens is 645 g/mol. The van der Waals surface area contributed by atoms with E-state index in [-0.39, 0.29) is 23.4 Å². The minimum atomic E-state index is -0.665. The monoisotopic (exact) mass is 715 g/mol. The van der Waals surface area contributed by atoms with Crippen LogP contribution in [0.25, 0.3) is 0 Å². The molecule has 0 N–H and O–H groups in total. The third-order valence-corrected chi connectivity index (χ3v) is 12.7. The molecule has 2 bridgehead atoms. The molecule has 1 aromatic carbocycles. The van der Waals surface area contributed by atoms with Crippen LogP contribution in [0.1, 0.15) is 173 Å². The topological polar surface area (TPSA) is 34.1 Å². The average molecular weight is 715 g/mol. The van der Waals surface area contributed by atoms with Crippen LogP contribution in [0.2, 0.25) is 0 Å². The van der Waals surface area contributed by atoms with Gasteiger partial charge in [0.1, 0.15) is 0 Å². The van der Waals surface area contributed by atoms with Crippen LogP contribution in [0.15, 0.2) is 118 Å². The first-order valence-electron chi connectivity index (χ1n) is 20.7. The Kier molecular flexibility index (Phi) is 15.7. The molecule has 286 valence electrons. The van der Waals surface area contributed by atoms with Crippen LogP contribution < -0.4 is 0 Å². The van der Waals surface area contributed by atoms with Crippen LogP contribution in [-0.4, -0.2) is 11.6 Å². The van der Waals surface area contributed by atoms with Gasteiger partial charge in [-0.2, -0.15) is 0 Å². The van der Waals surface area contributed by atoms with Gasteiger partial charge in [0.05, 0.1) is 10.8 Å². The molecule has 1 fully saturated rings. The summed E-state index contributed by atoms with van der Waals surface area (Å²) in [5.41, 5.74) is 10.1. The Morgan fingerprint density at radius 3 is 1.30 bits per heavy atom. The maximum absolute atomic E-state index is 14.2. The minimum absolute atomic E-state index is 0.136. The number of fused-ring (bicyclic) bond motifs is 6. The maximum Gasteiger partial charge on any atom is 0.171 e. The summed E-state index contributed by atoms with van der Waals surface area (Å²) in [7, 11) is 0. The van der Waals surface area contributed by atoms with E-state index in [2.05, 4.69) is 117 Å². The molecular formula is C51H70O2. The van der Waals surface area contributed by atoms with E-state index >= 15 is 0 Å². The summed E-state index contributed by atoms with van der Waals surface area (Å²) in [4.78, 5) is 28.2. The highest BCUT2D eigenvalue weighted by molar-refractivity contribution is 6.20. The summed E-state index contributed by atoms with van der Waals surface area (Å²) in [5.74, 6) is 0.620. The van der Waals surface area contributed by atoms with E-state index < -0.39 is 10.8 Å². The lowest BCUT2D eigenvalue weighted by Gasteiger charge is -2.50. The van der Waals surface area contributed by atoms with E-state index in [0.29, 0.717) is 17.5 Å². The van der Waals surface area contributed by atoms with Crippen molar-refractivity contribution in [3.63, 3.8) is 0 Å². The number of carbonyl (C=O) groups is 2. The van der Waals surface area contributed by atoms with Gasteiger partial charge >= 0.3 is 0 Å². The van der Waals surface area contributed by atoms with Crippen molar-refractivity contribution < 1.29 is 9.59 Å². The van der Waals surface area contributed by atoms with Crippen molar-refractivity contribution in [2.75, 3.05) is 0 Å². The Balaban J connectivity index is 1.15. The summed E-state index contributed by atoms with van der Waals surface area (Å²) < 4.78 is 0. The molecule has 0 spiro atoms. The quantitative estimate of drug-likeness (QED) is 0.126. The van der Waals surface area contributed by atoms with Gasteiger partial charge < -0.3 is 0 Å². The number of hydrogen-bond donors (Lipinski definition) is 0. The van der Waals surface area contributed by atoms with Crippen molar-refractivity contribution >= 4 is 11.6 Å². The highest BCUT2D eigenvalue weighted by Crippen LogP contribution is 2.69. The molecule has 4 rings (SSSR count). The molecule has 3 aliphatic rings. The van der Waals surface area contributed by atoms with Crippen LogP contribution in [-0.2, 0) is 0 Å². The Morgan fingerprint density at radius 2 is 0.887 bits per heavy atom. The van der Waals surface area contributed by atoms with Gasteiger partial charge in [0.15, 0.2) is 11.6 Å². The second-order valence-corrected chi connectivity index (χ2v) is 17.2. The lowest BCUT2D eigenvalue weighted by molar-refractivity contribution is 0.0242. The predicted molar refractivity (Wildman–Crippen MR) is 228 cm³/mol. The van der Waals surface area contributed by atoms with Gasteiger partial charge in [-0.25, -0.2) is 0 Å². The Labute approximate surface area is 324 Å². The largest absolute Gasteiger partial charge is 0.293 e. The fourth-order valence-corrected chi connectivity index (χ4v) is 9.11. The van der Waals surface area contributed by atoms with Crippen molar-refractivity contribution in [1.82, 2.24) is 0 Å². The van der Waals surface area contributed by atoms with Crippen molar-refractivity contribution in [2.45, 2.75) is 152 Å². The van der Waals surface area contributed by atoms with Gasteiger partial charge in [0.2, 0.25) is 0 Å². The second-order valence-electron chi connectivity index (χ2n) is 17.2. The standard InChI is InChI=1S/C51H70O2/c1-37(2)18-12-19-38(3)20-13-21-39(4)22-14-23-40(5)24-15-25-41(6)26-16-27-42(7)28-17-29-43(8)34-35-51-45-33-32-44(36-45)50(51,9)48(52)46-30-10-11-31-47(46)49(51)53/h10-11,18,20,22,24,26,28,30-34,44-45H,12-17,19,21,23,25,27,29,35-36H2,1-9H3/b38-20+,39-22+,40-24+,41-26+,42-28+,43-34+/t44?,45-,50?,51?/m0/s1. The molecule has 53 heavy (non-hydrogen) atoms. The van der Waals surface area contributed by atoms with Gasteiger partial charge in [-0.3, -0.25) is 9.59 Å². The van der Waals surface area contributed by atoms with Crippen LogP contribution in [0.5, 0.6) is 0 Å². The summed E-state index contributed by atoms with van der Waals surface area (Å²) in [5, 5.41) is 0. The van der Waals surface area contributed by atoms with Crippen LogP contribution in [0.3, 0.4) is 0 Å². The number of rotatable bonds is 20. The molecule has 1 saturated carbocycles. The van der Waals surface area contributed by atoms with Gasteiger partial charge in [-0.1, -0.05) is 125 Å². The molecule has 0 amide bonds. The first-order chi connectivity index (χ1) is 25.3. The summed E-state index contributed by atoms with van der Waals surface area (Å²) >= 11 is 0. The predicted octanol–water partition coefficient (Wildman–Crippen LogP) is 15.0. The maximum atomic E-state index is 14.2. The minimum Gasteiger partial charge on any atom is -0.293 e. The van der Waals surface area contributed by atoms with Crippen molar-refractivity contribution in [3.8, 4) is 0 Å². The lowest BCUT2D eigenvalue weighted by Crippen LogP contribution is -2.56. The molecule has 0 saturated heterocycles. The Morgan fingerprint density at radius 1 is 0.528 bits per heavy atom. The molecule has 2 heteroatoms. The zero-order chi connectivity index (χ0) is 38.6. The molecule has 3 unspecified atom stereocenters. The fraction of sp³-hybridized carbons (Fsp3) is 0.529. The zero-order valence-electron chi connectivity index (χ0n) is 34.9. The average Bonchev–Trinajstić information content (AvgIpc) is 3.70. The lowest BCUT2D eigenvalue weighted by atomic mass is 9.49. The van der Waals surface area contributed by atoms with Crippen molar-refractivity contribution in [2.24, 2.45) is 22.7 Å². The van der Waals surface area contributed by atoms with Crippen molar-refractivity contribution in [1.29, 1.82) is 0 Å². The second kappa shape index (κ2) is 19.7. The zero-order valence-corrected chi connectivity index (χ0v) is 34.9. The van der Waals surface area contributed by atoms with E-state index in [4.69, 9.17) is 0 Å². The number of hydrogen-bond acceptors (Lipinski definition) is 2. The van der Waals surface area contributed by atoms with E-state index in [1.165, 1.54) is 51.9 Å². The normalized spacial score (nSPS) is 24.9. The van der Waals surface area contributed by atoms with E-state index in [1.807, 2.05) is 24.3 Å². The van der Waals surface area contributed by atoms with Crippen LogP contribution >= 0.6 is 0 Å². The van der Waals surface area contributed by atoms with E-state index in [0.717, 1.165) is 70.6 Å². The molecule has 0 aromatic heterocycles. The molecule has 3 aliphatic carbocycles. The van der Waals surface area contributed by atoms with E-state index in [9.17, 15) is 9.59 Å². The third kappa shape index (κ3) is 10.6. The molecule has 4 atom stereocenters. The van der Waals surface area contributed by atoms with Crippen LogP contribution in [0, 0.1) is 22.7 Å². The molecule has 0 aliphatic heterocycles. The summed E-state index contributed by atoms with van der Waals surface area (Å²) in [6.45, 7) is 20.0. The summed E-state index contributed by atoms with van der Waals surface area (Å²) in [6.07, 6.45) is 36.1. The molecule has 0 heterocycles. The van der Waals surface area contributed by atoms with Gasteiger partial charge in [0.25, 0.3) is 0 Å². The van der Waals surface area contributed by atoms with Crippen LogP contribution in [0.4, 0.5) is 0 Å². The fourth-order valence-electron chi connectivity index (χ4n) is 9.11. The van der Waals surface area contributed by atoms with Gasteiger partial charge in [-0.15, -0.1) is 0 Å². The van der Waals surface area contributed by atoms with Crippen molar-refractivity contribution in [3.05, 3.63) is 129 Å². The molecule has 1 aromatic rings. The number of ketones is 2. The summed E-state index contributed by atoms with van der Waals surface area (Å²) in [6, 6.07) is 7.50. The highest BCUT2D eigenvalue weighted by atomic mass is 16.1.